The van der Waals surface area contributed by atoms with Crippen LogP contribution in [0.3, 0.4) is 0 Å². The van der Waals surface area contributed by atoms with Crippen molar-refractivity contribution in [3.8, 4) is 0 Å². The molecule has 0 saturated carbocycles. The normalized spacial score (nSPS) is 13.3. The molecule has 3 nitrogen and oxygen atoms in total. The molecule has 0 radical (unpaired) electrons. The number of hydrogen-bond acceptors (Lipinski definition) is 3. The third-order valence-electron chi connectivity index (χ3n) is 3.14. The highest BCUT2D eigenvalue weighted by atomic mass is 79.9. The van der Waals surface area contributed by atoms with Crippen LogP contribution >= 0.6 is 27.3 Å². The quantitative estimate of drug-likeness (QED) is 0.904. The smallest absolute Gasteiger partial charge is 0.251 e. The van der Waals surface area contributed by atoms with Crippen molar-refractivity contribution >= 4 is 33.2 Å². The van der Waals surface area contributed by atoms with Crippen LogP contribution in [0.25, 0.3) is 0 Å². The number of benzene rings is 1. The fourth-order valence-electron chi connectivity index (χ4n) is 2.15. The fourth-order valence-corrected chi connectivity index (χ4v) is 3.54. The van der Waals surface area contributed by atoms with Crippen LogP contribution in [0, 0.1) is 0 Å². The maximum absolute atomic E-state index is 12.1. The van der Waals surface area contributed by atoms with E-state index in [0.717, 1.165) is 28.0 Å². The van der Waals surface area contributed by atoms with Crippen LogP contribution < -0.4 is 10.6 Å². The van der Waals surface area contributed by atoms with Crippen LogP contribution in [-0.2, 0) is 19.6 Å². The van der Waals surface area contributed by atoms with E-state index in [-0.39, 0.29) is 5.91 Å². The summed E-state index contributed by atoms with van der Waals surface area (Å²) in [7, 11) is 0. The molecule has 1 aromatic heterocycles. The molecule has 0 unspecified atom stereocenters. The first-order chi connectivity index (χ1) is 9.22. The lowest BCUT2D eigenvalue weighted by Crippen LogP contribution is -2.22. The van der Waals surface area contributed by atoms with Gasteiger partial charge in [-0.3, -0.25) is 4.79 Å². The van der Waals surface area contributed by atoms with E-state index >= 15 is 0 Å². The van der Waals surface area contributed by atoms with Crippen LogP contribution in [-0.4, -0.2) is 5.91 Å². The molecule has 1 aliphatic heterocycles. The van der Waals surface area contributed by atoms with E-state index in [1.807, 2.05) is 29.6 Å². The number of thiophene rings is 1. The molecule has 0 spiro atoms. The van der Waals surface area contributed by atoms with Gasteiger partial charge in [-0.15, -0.1) is 11.3 Å². The summed E-state index contributed by atoms with van der Waals surface area (Å²) in [6, 6.07) is 7.93. The van der Waals surface area contributed by atoms with Crippen LogP contribution in [0.4, 0.5) is 0 Å². The number of fused-ring (bicyclic) bond motifs is 1. The van der Waals surface area contributed by atoms with Crippen molar-refractivity contribution in [1.82, 2.24) is 10.6 Å². The molecule has 0 bridgehead atoms. The van der Waals surface area contributed by atoms with Gasteiger partial charge < -0.3 is 10.6 Å². The molecule has 0 saturated heterocycles. The molecule has 1 amide bonds. The number of carbonyl (C=O) groups excluding carboxylic acids is 1. The highest BCUT2D eigenvalue weighted by molar-refractivity contribution is 9.10. The maximum Gasteiger partial charge on any atom is 0.251 e. The van der Waals surface area contributed by atoms with Crippen molar-refractivity contribution in [2.24, 2.45) is 0 Å². The minimum Gasteiger partial charge on any atom is -0.347 e. The van der Waals surface area contributed by atoms with Crippen LogP contribution in [0.15, 0.2) is 34.1 Å². The number of halogens is 1. The summed E-state index contributed by atoms with van der Waals surface area (Å²) in [5.41, 5.74) is 3.25. The van der Waals surface area contributed by atoms with Gasteiger partial charge in [-0.25, -0.2) is 0 Å². The van der Waals surface area contributed by atoms with Crippen molar-refractivity contribution < 1.29 is 4.79 Å². The third kappa shape index (κ3) is 2.88. The molecule has 0 fully saturated rings. The second kappa shape index (κ2) is 5.45. The summed E-state index contributed by atoms with van der Waals surface area (Å²) >= 11 is 5.04. The Morgan fingerprint density at radius 1 is 1.32 bits per heavy atom. The summed E-state index contributed by atoms with van der Waals surface area (Å²) in [5.74, 6) is -0.0146. The maximum atomic E-state index is 12.1. The molecule has 1 aliphatic rings. The Balaban J connectivity index is 1.67. The Hall–Kier alpha value is -1.17. The highest BCUT2D eigenvalue weighted by Gasteiger charge is 2.13. The first-order valence-corrected chi connectivity index (χ1v) is 7.73. The Labute approximate surface area is 124 Å². The number of hydrogen-bond donors (Lipinski definition) is 2. The molecule has 0 aliphatic carbocycles. The van der Waals surface area contributed by atoms with E-state index in [0.29, 0.717) is 6.54 Å². The Bertz CT molecular complexity index is 624. The number of rotatable bonds is 3. The molecular formula is C14H13BrN2OS. The van der Waals surface area contributed by atoms with E-state index in [9.17, 15) is 4.79 Å². The Kier molecular flexibility index (Phi) is 3.68. The van der Waals surface area contributed by atoms with Gasteiger partial charge in [0.05, 0.1) is 6.54 Å². The Morgan fingerprint density at radius 2 is 2.16 bits per heavy atom. The molecule has 2 N–H and O–H groups in total. The molecule has 0 atom stereocenters. The first kappa shape index (κ1) is 12.8. The van der Waals surface area contributed by atoms with Crippen LogP contribution in [0.5, 0.6) is 0 Å². The second-order valence-electron chi connectivity index (χ2n) is 4.50. The summed E-state index contributed by atoms with van der Waals surface area (Å²) in [6.45, 7) is 2.33. The topological polar surface area (TPSA) is 41.1 Å². The van der Waals surface area contributed by atoms with Gasteiger partial charge in [-0.05, 0) is 45.3 Å². The van der Waals surface area contributed by atoms with Gasteiger partial charge in [-0.1, -0.05) is 6.07 Å². The standard InChI is InChI=1S/C14H13BrN2OS/c15-12-4-13(19-8-12)7-17-14(18)9-1-2-10-5-16-6-11(10)3-9/h1-4,8,16H,5-7H2,(H,17,18). The molecule has 2 heterocycles. The second-order valence-corrected chi connectivity index (χ2v) is 6.41. The van der Waals surface area contributed by atoms with E-state index in [2.05, 4.69) is 26.6 Å². The van der Waals surface area contributed by atoms with Gasteiger partial charge in [0.2, 0.25) is 0 Å². The zero-order valence-corrected chi connectivity index (χ0v) is 12.6. The van der Waals surface area contributed by atoms with Gasteiger partial charge in [0.1, 0.15) is 0 Å². The lowest BCUT2D eigenvalue weighted by Gasteiger charge is -2.05. The predicted octanol–water partition coefficient (Wildman–Crippen LogP) is 3.04. The van der Waals surface area contributed by atoms with Gasteiger partial charge >= 0.3 is 0 Å². The van der Waals surface area contributed by atoms with Crippen molar-refractivity contribution in [3.63, 3.8) is 0 Å². The van der Waals surface area contributed by atoms with Crippen molar-refractivity contribution in [2.45, 2.75) is 19.6 Å². The fraction of sp³-hybridized carbons (Fsp3) is 0.214. The van der Waals surface area contributed by atoms with Crippen molar-refractivity contribution in [3.05, 3.63) is 55.7 Å². The van der Waals surface area contributed by atoms with Crippen LogP contribution in [0.1, 0.15) is 26.4 Å². The van der Waals surface area contributed by atoms with E-state index < -0.39 is 0 Å². The zero-order chi connectivity index (χ0) is 13.2. The van der Waals surface area contributed by atoms with Crippen LogP contribution in [0.2, 0.25) is 0 Å². The SMILES string of the molecule is O=C(NCc1cc(Br)cs1)c1ccc2c(c1)CNC2. The zero-order valence-electron chi connectivity index (χ0n) is 10.2. The minimum atomic E-state index is -0.0146. The molecule has 19 heavy (non-hydrogen) atoms. The summed E-state index contributed by atoms with van der Waals surface area (Å²) in [4.78, 5) is 13.2. The van der Waals surface area contributed by atoms with Gasteiger partial charge in [-0.2, -0.15) is 0 Å². The van der Waals surface area contributed by atoms with Gasteiger partial charge in [0, 0.05) is 33.4 Å². The lowest BCUT2D eigenvalue weighted by atomic mass is 10.1. The average Bonchev–Trinajstić information content (AvgIpc) is 3.03. The Morgan fingerprint density at radius 3 is 2.95 bits per heavy atom. The number of amides is 1. The van der Waals surface area contributed by atoms with Gasteiger partial charge in [0.15, 0.2) is 0 Å². The van der Waals surface area contributed by atoms with E-state index in [4.69, 9.17) is 0 Å². The third-order valence-corrected chi connectivity index (χ3v) is 4.84. The number of carbonyl (C=O) groups is 1. The molecule has 2 aromatic rings. The van der Waals surface area contributed by atoms with E-state index in [1.54, 1.807) is 11.3 Å². The predicted molar refractivity (Wildman–Crippen MR) is 80.2 cm³/mol. The van der Waals surface area contributed by atoms with Crippen molar-refractivity contribution in [1.29, 1.82) is 0 Å². The summed E-state index contributed by atoms with van der Waals surface area (Å²) < 4.78 is 1.06. The molecular weight excluding hydrogens is 324 g/mol. The largest absolute Gasteiger partial charge is 0.347 e. The van der Waals surface area contributed by atoms with Gasteiger partial charge in [0.25, 0.3) is 5.91 Å². The highest BCUT2D eigenvalue weighted by Crippen LogP contribution is 2.20. The van der Waals surface area contributed by atoms with E-state index in [1.165, 1.54) is 11.1 Å². The monoisotopic (exact) mass is 336 g/mol. The van der Waals surface area contributed by atoms with Crippen molar-refractivity contribution in [2.75, 3.05) is 0 Å². The summed E-state index contributed by atoms with van der Waals surface area (Å²) in [6.07, 6.45) is 0. The average molecular weight is 337 g/mol. The lowest BCUT2D eigenvalue weighted by molar-refractivity contribution is 0.0951. The molecule has 5 heteroatoms. The molecule has 1 aromatic carbocycles. The molecule has 3 rings (SSSR count). The first-order valence-electron chi connectivity index (χ1n) is 6.06. The number of nitrogens with one attached hydrogen (secondary N) is 2. The molecule has 98 valence electrons. The minimum absolute atomic E-state index is 0.0146. The summed E-state index contributed by atoms with van der Waals surface area (Å²) in [5, 5.41) is 8.25.